The lowest BCUT2D eigenvalue weighted by molar-refractivity contribution is 0.0921. The zero-order valence-electron chi connectivity index (χ0n) is 10.5. The van der Waals surface area contributed by atoms with Gasteiger partial charge in [-0.25, -0.2) is 4.68 Å². The van der Waals surface area contributed by atoms with Gasteiger partial charge in [0.2, 0.25) is 0 Å². The Morgan fingerprint density at radius 3 is 2.61 bits per heavy atom. The van der Waals surface area contributed by atoms with Crippen LogP contribution in [0.25, 0.3) is 5.69 Å². The van der Waals surface area contributed by atoms with Crippen LogP contribution in [0, 0.1) is 5.92 Å². The number of carbonyl (C=O) groups excluding carboxylic acids is 1. The highest BCUT2D eigenvalue weighted by Gasteiger charge is 2.17. The van der Waals surface area contributed by atoms with Crippen LogP contribution < -0.4 is 5.56 Å². The molecule has 0 spiro atoms. The minimum atomic E-state index is -0.215. The molecule has 0 amide bonds. The highest BCUT2D eigenvalue weighted by atomic mass is 16.1. The van der Waals surface area contributed by atoms with Gasteiger partial charge in [-0.15, -0.1) is 0 Å². The van der Waals surface area contributed by atoms with Crippen molar-refractivity contribution >= 4 is 5.78 Å². The Balaban J connectivity index is 2.40. The van der Waals surface area contributed by atoms with Crippen LogP contribution in [0.1, 0.15) is 30.8 Å². The smallest absolute Gasteiger partial charge is 0.271 e. The summed E-state index contributed by atoms with van der Waals surface area (Å²) in [5.74, 6) is -0.100. The minimum Gasteiger partial charge on any atom is -0.292 e. The molecule has 0 bridgehead atoms. The minimum absolute atomic E-state index is 0.0238. The van der Waals surface area contributed by atoms with Crippen molar-refractivity contribution in [2.45, 2.75) is 20.3 Å². The summed E-state index contributed by atoms with van der Waals surface area (Å²) >= 11 is 0. The molecule has 1 atom stereocenters. The van der Waals surface area contributed by atoms with E-state index in [0.29, 0.717) is 5.69 Å². The molecule has 0 saturated carbocycles. The van der Waals surface area contributed by atoms with Gasteiger partial charge in [0, 0.05) is 12.0 Å². The molecule has 1 heterocycles. The van der Waals surface area contributed by atoms with Crippen molar-refractivity contribution in [3.8, 4) is 5.69 Å². The molecule has 0 fully saturated rings. The van der Waals surface area contributed by atoms with E-state index < -0.39 is 0 Å². The van der Waals surface area contributed by atoms with Gasteiger partial charge in [-0.05, 0) is 18.6 Å². The third-order valence-electron chi connectivity index (χ3n) is 3.06. The number of H-pyrrole nitrogens is 1. The van der Waals surface area contributed by atoms with E-state index in [-0.39, 0.29) is 17.3 Å². The fraction of sp³-hybridized carbons (Fsp3) is 0.286. The number of nitrogens with zero attached hydrogens (tertiary/aromatic N) is 1. The van der Waals surface area contributed by atoms with Gasteiger partial charge in [0.1, 0.15) is 5.69 Å². The van der Waals surface area contributed by atoms with Crippen LogP contribution in [0.5, 0.6) is 0 Å². The number of para-hydroxylation sites is 1. The molecule has 94 valence electrons. The Hall–Kier alpha value is -2.10. The van der Waals surface area contributed by atoms with Crippen molar-refractivity contribution in [1.29, 1.82) is 0 Å². The van der Waals surface area contributed by atoms with E-state index in [1.54, 1.807) is 0 Å². The number of hydrogen-bond acceptors (Lipinski definition) is 2. The first-order valence-electron chi connectivity index (χ1n) is 6.05. The SMILES string of the molecule is CCC(C)C(=O)c1cc(=O)n(-c2ccccc2)[nH]1. The van der Waals surface area contributed by atoms with Crippen LogP contribution >= 0.6 is 0 Å². The number of aromatic amines is 1. The number of aromatic nitrogens is 2. The number of rotatable bonds is 4. The van der Waals surface area contributed by atoms with Gasteiger partial charge >= 0.3 is 0 Å². The lowest BCUT2D eigenvalue weighted by Gasteiger charge is -2.05. The summed E-state index contributed by atoms with van der Waals surface area (Å²) in [6.45, 7) is 3.81. The number of ketones is 1. The molecule has 2 rings (SSSR count). The van der Waals surface area contributed by atoms with Gasteiger partial charge in [0.15, 0.2) is 5.78 Å². The summed E-state index contributed by atoms with van der Waals surface area (Å²) in [4.78, 5) is 23.8. The standard InChI is InChI=1S/C14H16N2O2/c1-3-10(2)14(18)12-9-13(17)16(15-12)11-7-5-4-6-8-11/h4-10,15H,3H2,1-2H3. The summed E-state index contributed by atoms with van der Waals surface area (Å²) in [5.41, 5.74) is 0.886. The average Bonchev–Trinajstić information content (AvgIpc) is 2.80. The normalized spacial score (nSPS) is 12.3. The summed E-state index contributed by atoms with van der Waals surface area (Å²) in [5, 5.41) is 2.87. The second kappa shape index (κ2) is 5.04. The third-order valence-corrected chi connectivity index (χ3v) is 3.06. The molecule has 1 aromatic heterocycles. The van der Waals surface area contributed by atoms with Gasteiger partial charge in [-0.3, -0.25) is 14.7 Å². The number of nitrogens with one attached hydrogen (secondary N) is 1. The van der Waals surface area contributed by atoms with E-state index in [0.717, 1.165) is 12.1 Å². The van der Waals surface area contributed by atoms with E-state index in [1.807, 2.05) is 44.2 Å². The Bertz CT molecular complexity index is 596. The summed E-state index contributed by atoms with van der Waals surface area (Å²) < 4.78 is 1.38. The van der Waals surface area contributed by atoms with E-state index in [2.05, 4.69) is 5.10 Å². The molecule has 1 aromatic carbocycles. The van der Waals surface area contributed by atoms with Crippen LogP contribution in [0.4, 0.5) is 0 Å². The van der Waals surface area contributed by atoms with E-state index in [4.69, 9.17) is 0 Å². The third kappa shape index (κ3) is 2.27. The second-order valence-electron chi connectivity index (χ2n) is 4.35. The molecule has 0 aliphatic heterocycles. The number of carbonyl (C=O) groups is 1. The quantitative estimate of drug-likeness (QED) is 0.839. The molecule has 0 aliphatic rings. The zero-order valence-corrected chi connectivity index (χ0v) is 10.5. The highest BCUT2D eigenvalue weighted by Crippen LogP contribution is 2.10. The van der Waals surface area contributed by atoms with Crippen LogP contribution in [0.3, 0.4) is 0 Å². The Kier molecular flexibility index (Phi) is 3.46. The first-order chi connectivity index (χ1) is 8.63. The molecular formula is C14H16N2O2. The Morgan fingerprint density at radius 1 is 1.33 bits per heavy atom. The molecular weight excluding hydrogens is 228 g/mol. The van der Waals surface area contributed by atoms with Crippen molar-refractivity contribution in [3.63, 3.8) is 0 Å². The van der Waals surface area contributed by atoms with Crippen molar-refractivity contribution in [2.24, 2.45) is 5.92 Å². The van der Waals surface area contributed by atoms with Crippen LogP contribution in [-0.2, 0) is 0 Å². The van der Waals surface area contributed by atoms with Crippen LogP contribution in [-0.4, -0.2) is 15.6 Å². The molecule has 0 saturated heterocycles. The van der Waals surface area contributed by atoms with Gasteiger partial charge in [-0.1, -0.05) is 32.0 Å². The maximum absolute atomic E-state index is 12.0. The Morgan fingerprint density at radius 2 is 2.00 bits per heavy atom. The lowest BCUT2D eigenvalue weighted by Crippen LogP contribution is -2.13. The molecule has 4 heteroatoms. The molecule has 18 heavy (non-hydrogen) atoms. The first kappa shape index (κ1) is 12.4. The molecule has 0 aliphatic carbocycles. The van der Waals surface area contributed by atoms with Crippen molar-refractivity contribution in [1.82, 2.24) is 9.78 Å². The van der Waals surface area contributed by atoms with Gasteiger partial charge < -0.3 is 0 Å². The largest absolute Gasteiger partial charge is 0.292 e. The van der Waals surface area contributed by atoms with Crippen molar-refractivity contribution < 1.29 is 4.79 Å². The molecule has 0 radical (unpaired) electrons. The molecule has 1 N–H and O–H groups in total. The molecule has 2 aromatic rings. The predicted molar refractivity (Wildman–Crippen MR) is 70.2 cm³/mol. The molecule has 1 unspecified atom stereocenters. The number of hydrogen-bond donors (Lipinski definition) is 1. The van der Waals surface area contributed by atoms with Crippen LogP contribution in [0.15, 0.2) is 41.2 Å². The second-order valence-corrected chi connectivity index (χ2v) is 4.35. The zero-order chi connectivity index (χ0) is 13.1. The number of benzene rings is 1. The summed E-state index contributed by atoms with van der Waals surface area (Å²) in [6.07, 6.45) is 0.761. The van der Waals surface area contributed by atoms with Gasteiger partial charge in [-0.2, -0.15) is 0 Å². The fourth-order valence-corrected chi connectivity index (χ4v) is 1.74. The Labute approximate surface area is 105 Å². The monoisotopic (exact) mass is 244 g/mol. The topological polar surface area (TPSA) is 54.9 Å². The highest BCUT2D eigenvalue weighted by molar-refractivity contribution is 5.95. The van der Waals surface area contributed by atoms with Crippen molar-refractivity contribution in [2.75, 3.05) is 0 Å². The van der Waals surface area contributed by atoms with Crippen LogP contribution in [0.2, 0.25) is 0 Å². The maximum Gasteiger partial charge on any atom is 0.271 e. The molecule has 4 nitrogen and oxygen atoms in total. The van der Waals surface area contributed by atoms with Gasteiger partial charge in [0.05, 0.1) is 5.69 Å². The van der Waals surface area contributed by atoms with E-state index in [9.17, 15) is 9.59 Å². The summed E-state index contributed by atoms with van der Waals surface area (Å²) in [7, 11) is 0. The van der Waals surface area contributed by atoms with E-state index >= 15 is 0 Å². The average molecular weight is 244 g/mol. The van der Waals surface area contributed by atoms with Gasteiger partial charge in [0.25, 0.3) is 5.56 Å². The number of Topliss-reactive ketones (excluding diaryl/α,β-unsaturated/α-hetero) is 1. The maximum atomic E-state index is 12.0. The van der Waals surface area contributed by atoms with Crippen molar-refractivity contribution in [3.05, 3.63) is 52.4 Å². The summed E-state index contributed by atoms with van der Waals surface area (Å²) in [6, 6.07) is 10.6. The fourth-order valence-electron chi connectivity index (χ4n) is 1.74. The van der Waals surface area contributed by atoms with E-state index in [1.165, 1.54) is 10.7 Å². The lowest BCUT2D eigenvalue weighted by atomic mass is 10.0. The predicted octanol–water partition coefficient (Wildman–Crippen LogP) is 2.39. The first-order valence-corrected chi connectivity index (χ1v) is 6.05.